The van der Waals surface area contributed by atoms with E-state index in [0.29, 0.717) is 12.6 Å². The number of fused-ring (bicyclic) bond motifs is 1. The molecule has 1 saturated carbocycles. The van der Waals surface area contributed by atoms with Crippen LogP contribution in [0.1, 0.15) is 19.8 Å². The van der Waals surface area contributed by atoms with E-state index >= 15 is 0 Å². The van der Waals surface area contributed by atoms with E-state index in [1.165, 1.54) is 12.8 Å². The smallest absolute Gasteiger partial charge is 0.0587 e. The van der Waals surface area contributed by atoms with Crippen molar-refractivity contribution in [3.8, 4) is 0 Å². The highest BCUT2D eigenvalue weighted by molar-refractivity contribution is 4.95. The minimum atomic E-state index is 0.327. The predicted octanol–water partition coefficient (Wildman–Crippen LogP) is 0.613. The van der Waals surface area contributed by atoms with Gasteiger partial charge in [0.2, 0.25) is 0 Å². The first-order valence-electron chi connectivity index (χ1n) is 4.65. The van der Waals surface area contributed by atoms with Crippen molar-refractivity contribution in [3.63, 3.8) is 0 Å². The molecule has 0 aromatic rings. The summed E-state index contributed by atoms with van der Waals surface area (Å²) in [5, 5.41) is 12.4. The topological polar surface area (TPSA) is 32.3 Å². The molecular weight excluding hydrogens is 138 g/mol. The summed E-state index contributed by atoms with van der Waals surface area (Å²) in [6, 6.07) is 0.407. The van der Waals surface area contributed by atoms with E-state index in [1.807, 2.05) is 0 Å². The predicted molar refractivity (Wildman–Crippen MR) is 44.3 cm³/mol. The lowest BCUT2D eigenvalue weighted by atomic mass is 9.94. The molecule has 0 aromatic heterocycles. The first kappa shape index (κ1) is 7.56. The van der Waals surface area contributed by atoms with E-state index in [-0.39, 0.29) is 0 Å². The average molecular weight is 155 g/mol. The van der Waals surface area contributed by atoms with Crippen LogP contribution in [0.2, 0.25) is 0 Å². The normalized spacial score (nSPS) is 49.6. The molecule has 0 spiro atoms. The Balaban J connectivity index is 2.01. The maximum atomic E-state index is 9.04. The van der Waals surface area contributed by atoms with Crippen LogP contribution in [0.4, 0.5) is 0 Å². The summed E-state index contributed by atoms with van der Waals surface area (Å²) in [7, 11) is 0. The number of hydrogen-bond donors (Lipinski definition) is 2. The molecule has 2 N–H and O–H groups in total. The molecule has 2 nitrogen and oxygen atoms in total. The minimum Gasteiger partial charge on any atom is -0.395 e. The lowest BCUT2D eigenvalue weighted by molar-refractivity contribution is 0.220. The summed E-state index contributed by atoms with van der Waals surface area (Å²) < 4.78 is 0. The summed E-state index contributed by atoms with van der Waals surface area (Å²) in [4.78, 5) is 0. The standard InChI is InChI=1S/C9H17NO/c1-6-2-7-4-10-9(5-11)8(7)3-6/h6-11H,2-5H2,1H3/t6?,7-,8?,9?/m0/s1. The Labute approximate surface area is 68.0 Å². The second-order valence-corrected chi connectivity index (χ2v) is 4.20. The highest BCUT2D eigenvalue weighted by Gasteiger charge is 2.41. The Morgan fingerprint density at radius 2 is 2.27 bits per heavy atom. The maximum absolute atomic E-state index is 9.04. The summed E-state index contributed by atoms with van der Waals surface area (Å²) >= 11 is 0. The van der Waals surface area contributed by atoms with Gasteiger partial charge >= 0.3 is 0 Å². The van der Waals surface area contributed by atoms with Crippen molar-refractivity contribution in [1.29, 1.82) is 0 Å². The first-order valence-corrected chi connectivity index (χ1v) is 4.65. The van der Waals surface area contributed by atoms with E-state index in [0.717, 1.165) is 24.3 Å². The van der Waals surface area contributed by atoms with E-state index < -0.39 is 0 Å². The zero-order chi connectivity index (χ0) is 7.84. The second kappa shape index (κ2) is 2.76. The van der Waals surface area contributed by atoms with Crippen LogP contribution in [-0.4, -0.2) is 24.3 Å². The van der Waals surface area contributed by atoms with Gasteiger partial charge in [0.25, 0.3) is 0 Å². The molecule has 1 aliphatic carbocycles. The number of rotatable bonds is 1. The third-order valence-corrected chi connectivity index (χ3v) is 3.34. The molecule has 0 bridgehead atoms. The van der Waals surface area contributed by atoms with Gasteiger partial charge in [-0.3, -0.25) is 0 Å². The minimum absolute atomic E-state index is 0.327. The van der Waals surface area contributed by atoms with Crippen molar-refractivity contribution >= 4 is 0 Å². The quantitative estimate of drug-likeness (QED) is 0.581. The van der Waals surface area contributed by atoms with Crippen LogP contribution in [0.3, 0.4) is 0 Å². The molecule has 2 rings (SSSR count). The van der Waals surface area contributed by atoms with Gasteiger partial charge in [0.1, 0.15) is 0 Å². The number of nitrogens with one attached hydrogen (secondary N) is 1. The van der Waals surface area contributed by atoms with Gasteiger partial charge in [0.05, 0.1) is 6.61 Å². The molecule has 0 amide bonds. The van der Waals surface area contributed by atoms with Crippen LogP contribution in [0.5, 0.6) is 0 Å². The molecule has 64 valence electrons. The second-order valence-electron chi connectivity index (χ2n) is 4.20. The van der Waals surface area contributed by atoms with Crippen molar-refractivity contribution in [3.05, 3.63) is 0 Å². The largest absolute Gasteiger partial charge is 0.395 e. The van der Waals surface area contributed by atoms with Gasteiger partial charge in [0.15, 0.2) is 0 Å². The molecule has 4 atom stereocenters. The van der Waals surface area contributed by atoms with Crippen molar-refractivity contribution in [1.82, 2.24) is 5.32 Å². The molecule has 0 radical (unpaired) electrons. The van der Waals surface area contributed by atoms with Gasteiger partial charge in [0, 0.05) is 6.04 Å². The van der Waals surface area contributed by atoms with Gasteiger partial charge in [-0.2, -0.15) is 0 Å². The number of aliphatic hydroxyl groups excluding tert-OH is 1. The fraction of sp³-hybridized carbons (Fsp3) is 1.00. The van der Waals surface area contributed by atoms with E-state index in [2.05, 4.69) is 12.2 Å². The Kier molecular flexibility index (Phi) is 1.90. The molecule has 1 aliphatic heterocycles. The van der Waals surface area contributed by atoms with Gasteiger partial charge < -0.3 is 10.4 Å². The Morgan fingerprint density at radius 3 is 3.00 bits per heavy atom. The lowest BCUT2D eigenvalue weighted by Crippen LogP contribution is -2.30. The van der Waals surface area contributed by atoms with Crippen LogP contribution in [0, 0.1) is 17.8 Å². The molecule has 1 saturated heterocycles. The molecule has 3 unspecified atom stereocenters. The zero-order valence-corrected chi connectivity index (χ0v) is 7.09. The Bertz CT molecular complexity index is 146. The van der Waals surface area contributed by atoms with Gasteiger partial charge in [-0.15, -0.1) is 0 Å². The van der Waals surface area contributed by atoms with Crippen LogP contribution in [0.25, 0.3) is 0 Å². The first-order chi connectivity index (χ1) is 5.31. The highest BCUT2D eigenvalue weighted by Crippen LogP contribution is 2.40. The SMILES string of the molecule is CC1CC2C(CO)NC[C@@H]2C1. The fourth-order valence-electron chi connectivity index (χ4n) is 2.83. The maximum Gasteiger partial charge on any atom is 0.0587 e. The van der Waals surface area contributed by atoms with Crippen molar-refractivity contribution < 1.29 is 5.11 Å². The molecule has 0 aromatic carbocycles. The summed E-state index contributed by atoms with van der Waals surface area (Å²) in [6.07, 6.45) is 2.69. The van der Waals surface area contributed by atoms with Crippen LogP contribution < -0.4 is 5.32 Å². The van der Waals surface area contributed by atoms with Crippen LogP contribution in [0.15, 0.2) is 0 Å². The zero-order valence-electron chi connectivity index (χ0n) is 7.09. The highest BCUT2D eigenvalue weighted by atomic mass is 16.3. The summed E-state index contributed by atoms with van der Waals surface area (Å²) in [6.45, 7) is 3.79. The van der Waals surface area contributed by atoms with Gasteiger partial charge in [-0.05, 0) is 37.1 Å². The summed E-state index contributed by atoms with van der Waals surface area (Å²) in [5.41, 5.74) is 0. The molecule has 2 aliphatic rings. The van der Waals surface area contributed by atoms with Crippen molar-refractivity contribution in [2.45, 2.75) is 25.8 Å². The molecule has 11 heavy (non-hydrogen) atoms. The Hall–Kier alpha value is -0.0800. The molecule has 2 heteroatoms. The van der Waals surface area contributed by atoms with E-state index in [4.69, 9.17) is 5.11 Å². The summed E-state index contributed by atoms with van der Waals surface area (Å²) in [5.74, 6) is 2.53. The lowest BCUT2D eigenvalue weighted by Gasteiger charge is -2.15. The van der Waals surface area contributed by atoms with E-state index in [9.17, 15) is 0 Å². The Morgan fingerprint density at radius 1 is 1.45 bits per heavy atom. The van der Waals surface area contributed by atoms with Crippen LogP contribution >= 0.6 is 0 Å². The van der Waals surface area contributed by atoms with Gasteiger partial charge in [-0.1, -0.05) is 6.92 Å². The van der Waals surface area contributed by atoms with Crippen LogP contribution in [-0.2, 0) is 0 Å². The van der Waals surface area contributed by atoms with E-state index in [1.54, 1.807) is 0 Å². The molecule has 2 fully saturated rings. The van der Waals surface area contributed by atoms with Gasteiger partial charge in [-0.25, -0.2) is 0 Å². The van der Waals surface area contributed by atoms with Crippen molar-refractivity contribution in [2.24, 2.45) is 17.8 Å². The third-order valence-electron chi connectivity index (χ3n) is 3.34. The molecule has 1 heterocycles. The fourth-order valence-corrected chi connectivity index (χ4v) is 2.83. The average Bonchev–Trinajstić information content (AvgIpc) is 2.45. The number of aliphatic hydroxyl groups is 1. The third kappa shape index (κ3) is 1.18. The molecular formula is C9H17NO. The van der Waals surface area contributed by atoms with Crippen molar-refractivity contribution in [2.75, 3.05) is 13.2 Å². The number of hydrogen-bond acceptors (Lipinski definition) is 2. The monoisotopic (exact) mass is 155 g/mol.